The summed E-state index contributed by atoms with van der Waals surface area (Å²) in [5.74, 6) is 0. The van der Waals surface area contributed by atoms with E-state index in [1.165, 1.54) is 6.08 Å². The van der Waals surface area contributed by atoms with E-state index in [1.807, 2.05) is 42.5 Å². The van der Waals surface area contributed by atoms with Crippen molar-refractivity contribution in [2.24, 2.45) is 0 Å². The summed E-state index contributed by atoms with van der Waals surface area (Å²) in [5.41, 5.74) is 0. The molecule has 0 aliphatic rings. The van der Waals surface area contributed by atoms with Gasteiger partial charge in [0.25, 0.3) is 10.1 Å². The molecule has 0 unspecified atom stereocenters. The molecule has 3 nitrogen and oxygen atoms in total. The van der Waals surface area contributed by atoms with Crippen molar-refractivity contribution in [3.05, 3.63) is 67.3 Å². The first-order chi connectivity index (χ1) is 10.1. The van der Waals surface area contributed by atoms with Gasteiger partial charge in [-0.05, 0) is 34.4 Å². The van der Waals surface area contributed by atoms with E-state index < -0.39 is 10.1 Å². The molecule has 108 valence electrons. The van der Waals surface area contributed by atoms with Crippen molar-refractivity contribution < 1.29 is 65.4 Å². The molecule has 0 spiro atoms. The normalized spacial score (nSPS) is 11.3. The van der Waals surface area contributed by atoms with Crippen molar-refractivity contribution in [1.82, 2.24) is 0 Å². The molecule has 0 fully saturated rings. The number of hydrogen-bond donors (Lipinski definition) is 0. The van der Waals surface area contributed by atoms with Crippen LogP contribution in [-0.4, -0.2) is 15.0 Å². The molecule has 0 radical (unpaired) electrons. The first-order valence-electron chi connectivity index (χ1n) is 6.54. The van der Waals surface area contributed by atoms with E-state index in [0.717, 1.165) is 16.2 Å². The van der Waals surface area contributed by atoms with E-state index in [9.17, 15) is 8.42 Å². The maximum absolute atomic E-state index is 12.3. The quantitative estimate of drug-likeness (QED) is 0.309. The van der Waals surface area contributed by atoms with Crippen molar-refractivity contribution >= 4 is 31.7 Å². The van der Waals surface area contributed by atoms with Crippen LogP contribution in [0.1, 0.15) is 1.43 Å². The van der Waals surface area contributed by atoms with Gasteiger partial charge in [0.2, 0.25) is 0 Å². The van der Waals surface area contributed by atoms with Gasteiger partial charge in [0.1, 0.15) is 4.90 Å². The van der Waals surface area contributed by atoms with Crippen LogP contribution < -0.4 is 51.4 Å². The fraction of sp³-hybridized carbons (Fsp3) is 0.0588. The van der Waals surface area contributed by atoms with Gasteiger partial charge in [-0.15, -0.1) is 6.58 Å². The molecule has 0 bridgehead atoms. The molecule has 0 heterocycles. The molecule has 5 heteroatoms. The average molecular weight is 338 g/mol. The Hall–Kier alpha value is -0.534. The second-order valence-electron chi connectivity index (χ2n) is 4.70. The summed E-state index contributed by atoms with van der Waals surface area (Å²) < 4.78 is 29.5. The molecule has 0 aromatic heterocycles. The molecule has 3 aromatic carbocycles. The van der Waals surface area contributed by atoms with Crippen LogP contribution in [0.4, 0.5) is 0 Å². The summed E-state index contributed by atoms with van der Waals surface area (Å²) in [6, 6.07) is 16.9. The summed E-state index contributed by atoms with van der Waals surface area (Å²) in [7, 11) is -3.79. The van der Waals surface area contributed by atoms with Gasteiger partial charge in [0.05, 0.1) is 6.61 Å². The Morgan fingerprint density at radius 1 is 1.00 bits per heavy atom. The van der Waals surface area contributed by atoms with Crippen molar-refractivity contribution in [2.75, 3.05) is 6.61 Å². The maximum Gasteiger partial charge on any atom is 1.00 e. The van der Waals surface area contributed by atoms with E-state index in [-0.39, 0.29) is 64.3 Å². The van der Waals surface area contributed by atoms with Crippen LogP contribution >= 0.6 is 0 Å². The van der Waals surface area contributed by atoms with Gasteiger partial charge in [0, 0.05) is 5.39 Å². The van der Waals surface area contributed by atoms with Crippen LogP contribution in [0.15, 0.2) is 72.1 Å². The SMILES string of the molecule is C=CCOS(=O)(=O)c1cccc2cc3ccccc3cc12.[H-].[K+]. The minimum Gasteiger partial charge on any atom is -1.00 e. The van der Waals surface area contributed by atoms with Crippen LogP contribution in [0.25, 0.3) is 21.5 Å². The molecule has 22 heavy (non-hydrogen) atoms. The Morgan fingerprint density at radius 3 is 2.32 bits per heavy atom. The summed E-state index contributed by atoms with van der Waals surface area (Å²) >= 11 is 0. The van der Waals surface area contributed by atoms with E-state index in [2.05, 4.69) is 6.58 Å². The Bertz CT molecular complexity index is 939. The maximum atomic E-state index is 12.3. The molecule has 0 saturated carbocycles. The second kappa shape index (κ2) is 7.36. The van der Waals surface area contributed by atoms with Gasteiger partial charge < -0.3 is 1.43 Å². The van der Waals surface area contributed by atoms with Crippen LogP contribution in [-0.2, 0) is 14.3 Å². The van der Waals surface area contributed by atoms with Gasteiger partial charge >= 0.3 is 51.4 Å². The third-order valence-corrected chi connectivity index (χ3v) is 4.66. The third kappa shape index (κ3) is 3.51. The van der Waals surface area contributed by atoms with Crippen LogP contribution in [0.2, 0.25) is 0 Å². The van der Waals surface area contributed by atoms with Crippen LogP contribution in [0.3, 0.4) is 0 Å². The minimum absolute atomic E-state index is 0. The molecule has 3 rings (SSSR count). The molecule has 0 saturated heterocycles. The molecule has 0 atom stereocenters. The van der Waals surface area contributed by atoms with Crippen molar-refractivity contribution in [2.45, 2.75) is 4.90 Å². The van der Waals surface area contributed by atoms with Crippen molar-refractivity contribution in [3.8, 4) is 0 Å². The third-order valence-electron chi connectivity index (χ3n) is 3.32. The Labute approximate surface area is 174 Å². The van der Waals surface area contributed by atoms with E-state index in [1.54, 1.807) is 12.1 Å². The molecular formula is C17H15KO3S. The second-order valence-corrected chi connectivity index (χ2v) is 6.29. The zero-order valence-electron chi connectivity index (χ0n) is 13.3. The zero-order chi connectivity index (χ0) is 14.9. The van der Waals surface area contributed by atoms with Gasteiger partial charge in [-0.25, -0.2) is 0 Å². The summed E-state index contributed by atoms with van der Waals surface area (Å²) in [6.45, 7) is 3.44. The van der Waals surface area contributed by atoms with E-state index in [0.29, 0.717) is 5.39 Å². The van der Waals surface area contributed by atoms with E-state index in [4.69, 9.17) is 4.18 Å². The van der Waals surface area contributed by atoms with Gasteiger partial charge in [-0.2, -0.15) is 8.42 Å². The van der Waals surface area contributed by atoms with Gasteiger partial charge in [0.15, 0.2) is 0 Å². The Morgan fingerprint density at radius 2 is 1.64 bits per heavy atom. The molecule has 0 N–H and O–H groups in total. The monoisotopic (exact) mass is 338 g/mol. The topological polar surface area (TPSA) is 43.4 Å². The van der Waals surface area contributed by atoms with Crippen molar-refractivity contribution in [3.63, 3.8) is 0 Å². The number of rotatable bonds is 4. The predicted molar refractivity (Wildman–Crippen MR) is 85.9 cm³/mol. The number of benzene rings is 3. The number of fused-ring (bicyclic) bond motifs is 2. The van der Waals surface area contributed by atoms with E-state index >= 15 is 0 Å². The van der Waals surface area contributed by atoms with Crippen LogP contribution in [0, 0.1) is 0 Å². The zero-order valence-corrected chi connectivity index (χ0v) is 16.3. The fourth-order valence-corrected chi connectivity index (χ4v) is 3.45. The molecular weight excluding hydrogens is 323 g/mol. The molecule has 3 aromatic rings. The first-order valence-corrected chi connectivity index (χ1v) is 7.94. The van der Waals surface area contributed by atoms with Gasteiger partial charge in [-0.1, -0.05) is 42.5 Å². The summed E-state index contributed by atoms with van der Waals surface area (Å²) in [4.78, 5) is 0.188. The number of hydrogen-bond acceptors (Lipinski definition) is 3. The molecule has 0 aliphatic heterocycles. The Kier molecular flexibility index (Phi) is 5.96. The average Bonchev–Trinajstić information content (AvgIpc) is 2.50. The molecule has 0 amide bonds. The van der Waals surface area contributed by atoms with Crippen molar-refractivity contribution in [1.29, 1.82) is 0 Å². The predicted octanol–water partition coefficient (Wildman–Crippen LogP) is 1.00. The summed E-state index contributed by atoms with van der Waals surface area (Å²) in [5, 5.41) is 3.61. The first kappa shape index (κ1) is 17.8. The minimum atomic E-state index is -3.79. The molecule has 0 aliphatic carbocycles. The fourth-order valence-electron chi connectivity index (χ4n) is 2.36. The summed E-state index contributed by atoms with van der Waals surface area (Å²) in [6.07, 6.45) is 1.41. The Balaban J connectivity index is 0.00000132. The van der Waals surface area contributed by atoms with Crippen LogP contribution in [0.5, 0.6) is 0 Å². The smallest absolute Gasteiger partial charge is 1.00 e. The largest absolute Gasteiger partial charge is 1.00 e. The van der Waals surface area contributed by atoms with Gasteiger partial charge in [-0.3, -0.25) is 4.18 Å². The standard InChI is InChI=1S/C17H14O3S.K.H/c1-2-10-20-21(18,19)17-9-5-8-15-11-13-6-3-4-7-14(13)12-16(15)17;;/h2-9,11-12H,1,10H2;;/q;+1;-1.